The van der Waals surface area contributed by atoms with Crippen molar-refractivity contribution in [1.29, 1.82) is 0 Å². The molecule has 17 heavy (non-hydrogen) atoms. The molecule has 0 aliphatic carbocycles. The molecule has 0 unspecified atom stereocenters. The summed E-state index contributed by atoms with van der Waals surface area (Å²) in [7, 11) is 0. The van der Waals surface area contributed by atoms with Crippen LogP contribution in [0.3, 0.4) is 0 Å². The second-order valence-corrected chi connectivity index (χ2v) is 4.41. The highest BCUT2D eigenvalue weighted by molar-refractivity contribution is 5.99. The Hall–Kier alpha value is -0.910. The number of hydrogen-bond acceptors (Lipinski definition) is 2. The molecular weight excluding hydrogens is 329 g/mol. The molecule has 0 saturated heterocycles. The van der Waals surface area contributed by atoms with Gasteiger partial charge in [-0.25, -0.2) is 0 Å². The summed E-state index contributed by atoms with van der Waals surface area (Å²) in [4.78, 5) is 24.7. The van der Waals surface area contributed by atoms with Gasteiger partial charge in [0, 0.05) is 18.5 Å². The minimum atomic E-state index is 0. The molecule has 0 saturated carbocycles. The maximum atomic E-state index is 11.8. The van der Waals surface area contributed by atoms with Crippen LogP contribution in [0.25, 0.3) is 0 Å². The summed E-state index contributed by atoms with van der Waals surface area (Å²) in [6, 6.07) is 3.88. The SMILES string of the molecule is O=Cc1ccc2c3c1CCC(=O)N3CCC2.[I-]. The van der Waals surface area contributed by atoms with Crippen molar-refractivity contribution >= 4 is 17.9 Å². The molecule has 2 aliphatic heterocycles. The van der Waals surface area contributed by atoms with Gasteiger partial charge in [0.25, 0.3) is 0 Å². The molecule has 1 amide bonds. The van der Waals surface area contributed by atoms with Gasteiger partial charge < -0.3 is 28.9 Å². The third kappa shape index (κ3) is 1.88. The van der Waals surface area contributed by atoms with Gasteiger partial charge in [-0.1, -0.05) is 12.1 Å². The minimum Gasteiger partial charge on any atom is -1.00 e. The quantitative estimate of drug-likeness (QED) is 0.472. The second-order valence-electron chi connectivity index (χ2n) is 4.41. The van der Waals surface area contributed by atoms with Gasteiger partial charge in [-0.05, 0) is 30.4 Å². The topological polar surface area (TPSA) is 37.4 Å². The van der Waals surface area contributed by atoms with Crippen molar-refractivity contribution in [3.05, 3.63) is 28.8 Å². The first kappa shape index (κ1) is 12.5. The molecule has 2 heterocycles. The zero-order valence-corrected chi connectivity index (χ0v) is 11.6. The minimum absolute atomic E-state index is 0. The molecule has 0 N–H and O–H groups in total. The van der Waals surface area contributed by atoms with Crippen molar-refractivity contribution in [1.82, 2.24) is 0 Å². The normalized spacial score (nSPS) is 17.2. The zero-order chi connectivity index (χ0) is 11.1. The monoisotopic (exact) mass is 342 g/mol. The van der Waals surface area contributed by atoms with Crippen LogP contribution in [-0.2, 0) is 17.6 Å². The van der Waals surface area contributed by atoms with Crippen molar-refractivity contribution in [2.24, 2.45) is 0 Å². The van der Waals surface area contributed by atoms with Gasteiger partial charge in [0.15, 0.2) is 0 Å². The lowest BCUT2D eigenvalue weighted by Gasteiger charge is -2.35. The lowest BCUT2D eigenvalue weighted by atomic mass is 9.89. The fourth-order valence-corrected chi connectivity index (χ4v) is 2.77. The van der Waals surface area contributed by atoms with Crippen LogP contribution in [0.2, 0.25) is 0 Å². The van der Waals surface area contributed by atoms with E-state index in [2.05, 4.69) is 0 Å². The van der Waals surface area contributed by atoms with E-state index in [1.165, 1.54) is 5.56 Å². The zero-order valence-electron chi connectivity index (χ0n) is 9.41. The molecule has 1 aromatic carbocycles. The van der Waals surface area contributed by atoms with Crippen LogP contribution in [0.15, 0.2) is 12.1 Å². The van der Waals surface area contributed by atoms with Crippen LogP contribution in [0.5, 0.6) is 0 Å². The van der Waals surface area contributed by atoms with Gasteiger partial charge >= 0.3 is 0 Å². The first-order valence-corrected chi connectivity index (χ1v) is 5.71. The Morgan fingerprint density at radius 2 is 2.00 bits per heavy atom. The summed E-state index contributed by atoms with van der Waals surface area (Å²) >= 11 is 0. The molecule has 1 aromatic rings. The largest absolute Gasteiger partial charge is 1.00 e. The number of aldehydes is 1. The molecule has 4 heteroatoms. The number of carbonyl (C=O) groups is 2. The van der Waals surface area contributed by atoms with Crippen LogP contribution in [0, 0.1) is 0 Å². The number of nitrogens with zero attached hydrogens (tertiary/aromatic N) is 1. The third-order valence-electron chi connectivity index (χ3n) is 3.52. The Morgan fingerprint density at radius 1 is 1.18 bits per heavy atom. The summed E-state index contributed by atoms with van der Waals surface area (Å²) in [5, 5.41) is 0. The van der Waals surface area contributed by atoms with E-state index in [4.69, 9.17) is 0 Å². The average Bonchev–Trinajstić information content (AvgIpc) is 2.34. The fraction of sp³-hybridized carbons (Fsp3) is 0.385. The van der Waals surface area contributed by atoms with E-state index >= 15 is 0 Å². The molecule has 0 aromatic heterocycles. The van der Waals surface area contributed by atoms with Crippen molar-refractivity contribution < 1.29 is 33.6 Å². The molecule has 0 spiro atoms. The van der Waals surface area contributed by atoms with E-state index in [0.717, 1.165) is 42.5 Å². The summed E-state index contributed by atoms with van der Waals surface area (Å²) in [5.74, 6) is 0.205. The van der Waals surface area contributed by atoms with E-state index < -0.39 is 0 Å². The molecule has 0 atom stereocenters. The molecule has 0 bridgehead atoms. The maximum Gasteiger partial charge on any atom is 0.227 e. The van der Waals surface area contributed by atoms with Gasteiger partial charge in [0.05, 0.1) is 5.69 Å². The van der Waals surface area contributed by atoms with Crippen LogP contribution in [0.1, 0.15) is 34.3 Å². The lowest BCUT2D eigenvalue weighted by molar-refractivity contribution is -0.119. The third-order valence-corrected chi connectivity index (χ3v) is 3.52. The van der Waals surface area contributed by atoms with Crippen molar-refractivity contribution in [3.63, 3.8) is 0 Å². The number of amides is 1. The van der Waals surface area contributed by atoms with Gasteiger partial charge in [0.2, 0.25) is 5.91 Å². The van der Waals surface area contributed by atoms with E-state index in [-0.39, 0.29) is 29.9 Å². The highest BCUT2D eigenvalue weighted by atomic mass is 127. The molecule has 90 valence electrons. The fourth-order valence-electron chi connectivity index (χ4n) is 2.77. The smallest absolute Gasteiger partial charge is 0.227 e. The first-order valence-electron chi connectivity index (χ1n) is 5.71. The predicted octanol–water partition coefficient (Wildman–Crippen LogP) is -1.27. The van der Waals surface area contributed by atoms with Crippen LogP contribution in [0.4, 0.5) is 5.69 Å². The highest BCUT2D eigenvalue weighted by Gasteiger charge is 2.30. The Morgan fingerprint density at radius 3 is 2.76 bits per heavy atom. The summed E-state index contributed by atoms with van der Waals surface area (Å²) in [5.41, 5.74) is 4.08. The molecule has 2 aliphatic rings. The number of anilines is 1. The number of halogens is 1. The van der Waals surface area contributed by atoms with E-state index in [9.17, 15) is 9.59 Å². The summed E-state index contributed by atoms with van der Waals surface area (Å²) < 4.78 is 0. The van der Waals surface area contributed by atoms with E-state index in [1.807, 2.05) is 17.0 Å². The molecular formula is C13H13INO2-. The Labute approximate surface area is 117 Å². The van der Waals surface area contributed by atoms with Gasteiger partial charge in [-0.2, -0.15) is 0 Å². The molecule has 3 rings (SSSR count). The summed E-state index contributed by atoms with van der Waals surface area (Å²) in [6.07, 6.45) is 4.20. The standard InChI is InChI=1S/C13H13NO2.HI/c15-8-10-4-3-9-2-1-7-14-12(16)6-5-11(10)13(9)14;/h3-4,8H,1-2,5-7H2;1H/p-1. The predicted molar refractivity (Wildman–Crippen MR) is 60.8 cm³/mol. The van der Waals surface area contributed by atoms with Gasteiger partial charge in [-0.15, -0.1) is 0 Å². The van der Waals surface area contributed by atoms with Gasteiger partial charge in [-0.3, -0.25) is 9.59 Å². The Bertz CT molecular complexity index is 485. The van der Waals surface area contributed by atoms with Gasteiger partial charge in [0.1, 0.15) is 6.29 Å². The Kier molecular flexibility index (Phi) is 3.51. The number of benzene rings is 1. The number of hydrogen-bond donors (Lipinski definition) is 0. The van der Waals surface area contributed by atoms with E-state index in [1.54, 1.807) is 0 Å². The van der Waals surface area contributed by atoms with Crippen LogP contribution in [-0.4, -0.2) is 18.7 Å². The highest BCUT2D eigenvalue weighted by Crippen LogP contribution is 2.36. The Balaban J connectivity index is 0.00000108. The molecule has 0 fully saturated rings. The van der Waals surface area contributed by atoms with Crippen molar-refractivity contribution in [2.75, 3.05) is 11.4 Å². The maximum absolute atomic E-state index is 11.8. The molecule has 3 nitrogen and oxygen atoms in total. The van der Waals surface area contributed by atoms with Crippen LogP contribution >= 0.6 is 0 Å². The van der Waals surface area contributed by atoms with Crippen molar-refractivity contribution in [2.45, 2.75) is 25.7 Å². The number of rotatable bonds is 1. The van der Waals surface area contributed by atoms with Crippen molar-refractivity contribution in [3.8, 4) is 0 Å². The summed E-state index contributed by atoms with van der Waals surface area (Å²) in [6.45, 7) is 0.807. The lowest BCUT2D eigenvalue weighted by Crippen LogP contribution is -3.00. The number of carbonyl (C=O) groups excluding carboxylic acids is 2. The average molecular weight is 342 g/mol. The number of aryl methyl sites for hydroxylation is 1. The first-order chi connectivity index (χ1) is 7.81. The van der Waals surface area contributed by atoms with E-state index in [0.29, 0.717) is 12.8 Å². The molecule has 0 radical (unpaired) electrons. The second kappa shape index (κ2) is 4.76. The van der Waals surface area contributed by atoms with Crippen LogP contribution < -0.4 is 28.9 Å².